The lowest BCUT2D eigenvalue weighted by Gasteiger charge is -2.22. The van der Waals surface area contributed by atoms with E-state index in [1.54, 1.807) is 0 Å². The summed E-state index contributed by atoms with van der Waals surface area (Å²) in [4.78, 5) is 0. The van der Waals surface area contributed by atoms with Crippen molar-refractivity contribution in [2.45, 2.75) is 38.6 Å². The number of unbranched alkanes of at least 4 members (excludes halogenated alkanes) is 1. The Bertz CT molecular complexity index is 488. The molecule has 1 N–H and O–H groups in total. The third kappa shape index (κ3) is 5.67. The predicted octanol–water partition coefficient (Wildman–Crippen LogP) is 0.215. The van der Waals surface area contributed by atoms with Crippen LogP contribution in [0.2, 0.25) is 0 Å². The molecule has 1 aliphatic heterocycles. The number of sulfone groups is 1. The van der Waals surface area contributed by atoms with E-state index in [1.165, 1.54) is 11.4 Å². The minimum atomic E-state index is -3.35. The van der Waals surface area contributed by atoms with E-state index in [-0.39, 0.29) is 23.3 Å². The summed E-state index contributed by atoms with van der Waals surface area (Å²) < 4.78 is 48.3. The molecule has 1 saturated heterocycles. The van der Waals surface area contributed by atoms with E-state index in [9.17, 15) is 16.8 Å². The zero-order valence-electron chi connectivity index (χ0n) is 12.3. The van der Waals surface area contributed by atoms with Crippen LogP contribution in [0.3, 0.4) is 0 Å². The molecule has 0 bridgehead atoms. The molecule has 0 saturated carbocycles. The lowest BCUT2D eigenvalue weighted by molar-refractivity contribution is 0.393. The van der Waals surface area contributed by atoms with Gasteiger partial charge in [-0.25, -0.2) is 21.1 Å². The van der Waals surface area contributed by atoms with Crippen molar-refractivity contribution in [3.8, 4) is 0 Å². The molecule has 0 aliphatic carbocycles. The first kappa shape index (κ1) is 17.9. The molecule has 0 aromatic carbocycles. The Balaban J connectivity index is 2.36. The molecule has 0 amide bonds. The third-order valence-corrected chi connectivity index (χ3v) is 7.32. The van der Waals surface area contributed by atoms with E-state index >= 15 is 0 Å². The number of hydrogen-bond donors (Lipinski definition) is 1. The van der Waals surface area contributed by atoms with Crippen molar-refractivity contribution in [2.75, 3.05) is 37.4 Å². The fourth-order valence-corrected chi connectivity index (χ4v) is 5.63. The van der Waals surface area contributed by atoms with Crippen LogP contribution >= 0.6 is 0 Å². The van der Waals surface area contributed by atoms with Crippen molar-refractivity contribution >= 4 is 19.9 Å². The molecular formula is C12H26N2O4S2. The number of nitrogens with one attached hydrogen (secondary N) is 1. The third-order valence-electron chi connectivity index (χ3n) is 3.59. The van der Waals surface area contributed by atoms with Crippen LogP contribution in [0.15, 0.2) is 0 Å². The maximum atomic E-state index is 12.1. The first-order chi connectivity index (χ1) is 9.28. The van der Waals surface area contributed by atoms with Crippen LogP contribution in [-0.2, 0) is 19.9 Å². The lowest BCUT2D eigenvalue weighted by atomic mass is 10.3. The Morgan fingerprint density at radius 3 is 2.50 bits per heavy atom. The quantitative estimate of drug-likeness (QED) is 0.613. The van der Waals surface area contributed by atoms with E-state index in [1.807, 2.05) is 0 Å². The molecule has 0 radical (unpaired) electrons. The molecule has 1 aliphatic rings. The number of hydrogen-bond acceptors (Lipinski definition) is 5. The van der Waals surface area contributed by atoms with Crippen LogP contribution in [0.5, 0.6) is 0 Å². The van der Waals surface area contributed by atoms with Crippen molar-refractivity contribution in [2.24, 2.45) is 0 Å². The molecule has 0 spiro atoms. The summed E-state index contributed by atoms with van der Waals surface area (Å²) in [6.07, 6.45) is 2.90. The second kappa shape index (κ2) is 7.72. The van der Waals surface area contributed by atoms with E-state index in [2.05, 4.69) is 12.2 Å². The zero-order valence-corrected chi connectivity index (χ0v) is 14.0. The van der Waals surface area contributed by atoms with Crippen LogP contribution in [-0.4, -0.2) is 64.6 Å². The van der Waals surface area contributed by atoms with E-state index in [4.69, 9.17) is 0 Å². The molecule has 1 atom stereocenters. The first-order valence-electron chi connectivity index (χ1n) is 7.15. The molecule has 120 valence electrons. The van der Waals surface area contributed by atoms with E-state index < -0.39 is 19.9 Å². The van der Waals surface area contributed by atoms with Gasteiger partial charge in [0.2, 0.25) is 10.0 Å². The average Bonchev–Trinajstić information content (AvgIpc) is 2.73. The summed E-state index contributed by atoms with van der Waals surface area (Å²) in [7, 11) is -4.90. The Kier molecular flexibility index (Phi) is 6.90. The zero-order chi connectivity index (χ0) is 15.2. The Morgan fingerprint density at radius 1 is 1.25 bits per heavy atom. The van der Waals surface area contributed by atoms with Gasteiger partial charge in [0.1, 0.15) is 0 Å². The molecule has 1 heterocycles. The highest BCUT2D eigenvalue weighted by molar-refractivity contribution is 7.92. The maximum Gasteiger partial charge on any atom is 0.214 e. The maximum absolute atomic E-state index is 12.1. The van der Waals surface area contributed by atoms with E-state index in [0.29, 0.717) is 12.8 Å². The van der Waals surface area contributed by atoms with Crippen LogP contribution < -0.4 is 5.32 Å². The Labute approximate surface area is 122 Å². The van der Waals surface area contributed by atoms with Crippen LogP contribution in [0.1, 0.15) is 32.6 Å². The molecule has 1 unspecified atom stereocenters. The molecule has 20 heavy (non-hydrogen) atoms. The molecule has 0 aromatic heterocycles. The van der Waals surface area contributed by atoms with Crippen LogP contribution in [0.4, 0.5) is 0 Å². The summed E-state index contributed by atoms with van der Waals surface area (Å²) in [5.74, 6) is 0.146. The highest BCUT2D eigenvalue weighted by Gasteiger charge is 2.35. The Hall–Kier alpha value is -0.180. The molecule has 8 heteroatoms. The van der Waals surface area contributed by atoms with Gasteiger partial charge in [0.25, 0.3) is 0 Å². The fourth-order valence-electron chi connectivity index (χ4n) is 2.27. The molecule has 6 nitrogen and oxygen atoms in total. The molecular weight excluding hydrogens is 300 g/mol. The number of nitrogens with zero attached hydrogens (tertiary/aromatic N) is 1. The van der Waals surface area contributed by atoms with Crippen LogP contribution in [0.25, 0.3) is 0 Å². The minimum absolute atomic E-state index is 0.0409. The van der Waals surface area contributed by atoms with Gasteiger partial charge in [-0.3, -0.25) is 0 Å². The van der Waals surface area contributed by atoms with Gasteiger partial charge in [-0.05, 0) is 38.8 Å². The summed E-state index contributed by atoms with van der Waals surface area (Å²) in [5, 5.41) is 3.23. The van der Waals surface area contributed by atoms with Gasteiger partial charge >= 0.3 is 0 Å². The van der Waals surface area contributed by atoms with Crippen LogP contribution in [0, 0.1) is 0 Å². The molecule has 0 aromatic rings. The standard InChI is InChI=1S/C12H26N2O4S2/c1-3-7-13-8-4-5-9-20(17,18)14(2)12-6-10-19(15,16)11-12/h12-13H,3-11H2,1-2H3. The molecule has 1 fully saturated rings. The van der Waals surface area contributed by atoms with Gasteiger partial charge in [-0.1, -0.05) is 6.92 Å². The van der Waals surface area contributed by atoms with Crippen molar-refractivity contribution in [1.29, 1.82) is 0 Å². The summed E-state index contributed by atoms with van der Waals surface area (Å²) in [6, 6.07) is -0.386. The summed E-state index contributed by atoms with van der Waals surface area (Å²) in [6.45, 7) is 3.86. The van der Waals surface area contributed by atoms with Crippen molar-refractivity contribution in [3.63, 3.8) is 0 Å². The van der Waals surface area contributed by atoms with Gasteiger partial charge in [-0.2, -0.15) is 0 Å². The molecule has 1 rings (SSSR count). The van der Waals surface area contributed by atoms with Gasteiger partial charge in [-0.15, -0.1) is 0 Å². The first-order valence-corrected chi connectivity index (χ1v) is 10.6. The Morgan fingerprint density at radius 2 is 1.95 bits per heavy atom. The SMILES string of the molecule is CCCNCCCCS(=O)(=O)N(C)C1CCS(=O)(=O)C1. The fraction of sp³-hybridized carbons (Fsp3) is 1.00. The van der Waals surface area contributed by atoms with Gasteiger partial charge < -0.3 is 5.32 Å². The minimum Gasteiger partial charge on any atom is -0.317 e. The number of rotatable bonds is 9. The normalized spacial score (nSPS) is 22.4. The topological polar surface area (TPSA) is 83.6 Å². The number of sulfonamides is 1. The smallest absolute Gasteiger partial charge is 0.214 e. The van der Waals surface area contributed by atoms with Crippen molar-refractivity contribution < 1.29 is 16.8 Å². The van der Waals surface area contributed by atoms with Gasteiger partial charge in [0.15, 0.2) is 9.84 Å². The van der Waals surface area contributed by atoms with Crippen molar-refractivity contribution in [3.05, 3.63) is 0 Å². The largest absolute Gasteiger partial charge is 0.317 e. The lowest BCUT2D eigenvalue weighted by Crippen LogP contribution is -2.39. The second-order valence-corrected chi connectivity index (χ2v) is 9.72. The second-order valence-electron chi connectivity index (χ2n) is 5.35. The summed E-state index contributed by atoms with van der Waals surface area (Å²) >= 11 is 0. The average molecular weight is 326 g/mol. The van der Waals surface area contributed by atoms with E-state index in [0.717, 1.165) is 25.9 Å². The highest BCUT2D eigenvalue weighted by atomic mass is 32.2. The van der Waals surface area contributed by atoms with Gasteiger partial charge in [0.05, 0.1) is 17.3 Å². The van der Waals surface area contributed by atoms with Gasteiger partial charge in [0, 0.05) is 13.1 Å². The van der Waals surface area contributed by atoms with Crippen molar-refractivity contribution in [1.82, 2.24) is 9.62 Å². The highest BCUT2D eigenvalue weighted by Crippen LogP contribution is 2.19. The monoisotopic (exact) mass is 326 g/mol. The predicted molar refractivity (Wildman–Crippen MR) is 81.0 cm³/mol. The summed E-state index contributed by atoms with van der Waals surface area (Å²) in [5.41, 5.74) is 0.